The molecule has 0 bridgehead atoms. The van der Waals surface area contributed by atoms with Gasteiger partial charge in [-0.1, -0.05) is 0 Å². The number of hydrogen-bond donors (Lipinski definition) is 3. The molecule has 0 radical (unpaired) electrons. The van der Waals surface area contributed by atoms with Crippen LogP contribution in [0.3, 0.4) is 0 Å². The largest absolute Gasteiger partial charge is 0.481 e. The summed E-state index contributed by atoms with van der Waals surface area (Å²) in [6.07, 6.45) is 2.24. The van der Waals surface area contributed by atoms with E-state index in [0.29, 0.717) is 17.1 Å². The number of carboxylic acids is 1. The van der Waals surface area contributed by atoms with Gasteiger partial charge in [0, 0.05) is 36.3 Å². The van der Waals surface area contributed by atoms with Crippen molar-refractivity contribution < 1.29 is 33.4 Å². The summed E-state index contributed by atoms with van der Waals surface area (Å²) in [5.41, 5.74) is 7.61. The van der Waals surface area contributed by atoms with Crippen molar-refractivity contribution in [3.63, 3.8) is 0 Å². The van der Waals surface area contributed by atoms with Crippen LogP contribution >= 0.6 is 11.5 Å². The van der Waals surface area contributed by atoms with Crippen LogP contribution in [0.5, 0.6) is 5.75 Å². The average Bonchev–Trinajstić information content (AvgIpc) is 3.65. The quantitative estimate of drug-likeness (QED) is 0.178. The van der Waals surface area contributed by atoms with E-state index in [2.05, 4.69) is 19.6 Å². The number of aromatic nitrogens is 2. The molecule has 3 aromatic rings. The Hall–Kier alpha value is -4.23. The first-order valence-corrected chi connectivity index (χ1v) is 13.4. The Morgan fingerprint density at radius 2 is 1.90 bits per heavy atom. The number of aliphatic carboxylic acids is 1. The van der Waals surface area contributed by atoms with Gasteiger partial charge < -0.3 is 25.8 Å². The maximum absolute atomic E-state index is 15.0. The fraction of sp³-hybridized carbons (Fsp3) is 0.333. The Morgan fingerprint density at radius 1 is 1.20 bits per heavy atom. The smallest absolute Gasteiger partial charge is 0.333 e. The fourth-order valence-corrected chi connectivity index (χ4v) is 4.84. The van der Waals surface area contributed by atoms with Crippen molar-refractivity contribution in [3.8, 4) is 27.7 Å². The molecule has 40 heavy (non-hydrogen) atoms. The lowest BCUT2D eigenvalue weighted by atomic mass is 10.1. The van der Waals surface area contributed by atoms with E-state index >= 15 is 4.39 Å². The highest BCUT2D eigenvalue weighted by Crippen LogP contribution is 2.32. The maximum atomic E-state index is 15.0. The molecule has 1 aliphatic heterocycles. The summed E-state index contributed by atoms with van der Waals surface area (Å²) in [7, 11) is 0. The summed E-state index contributed by atoms with van der Waals surface area (Å²) in [6, 6.07) is 7.91. The molecule has 1 aromatic heterocycles. The highest BCUT2D eigenvalue weighted by atomic mass is 32.1. The van der Waals surface area contributed by atoms with Gasteiger partial charge in [0.15, 0.2) is 23.7 Å². The van der Waals surface area contributed by atoms with Crippen molar-refractivity contribution in [1.82, 2.24) is 14.7 Å². The number of halogens is 1. The van der Waals surface area contributed by atoms with Gasteiger partial charge in [-0.2, -0.15) is 4.37 Å². The van der Waals surface area contributed by atoms with E-state index in [9.17, 15) is 19.2 Å². The second kappa shape index (κ2) is 12.7. The monoisotopic (exact) mass is 569 g/mol. The molecule has 0 unspecified atom stereocenters. The maximum Gasteiger partial charge on any atom is 0.333 e. The number of hydrogen-bond acceptors (Lipinski definition) is 10. The Balaban J connectivity index is 1.45. The van der Waals surface area contributed by atoms with E-state index in [4.69, 9.17) is 15.6 Å². The van der Waals surface area contributed by atoms with E-state index in [1.54, 1.807) is 0 Å². The first kappa shape index (κ1) is 28.8. The Kier molecular flexibility index (Phi) is 9.17. The molecule has 4 N–H and O–H groups in total. The van der Waals surface area contributed by atoms with E-state index in [1.165, 1.54) is 25.8 Å². The highest BCUT2D eigenvalue weighted by Gasteiger charge is 2.25. The number of carbonyl (C=O) groups excluding carboxylic acids is 3. The number of amides is 1. The number of carbonyl (C=O) groups is 4. The lowest BCUT2D eigenvalue weighted by Gasteiger charge is -2.17. The Labute approximate surface area is 233 Å². The lowest BCUT2D eigenvalue weighted by Crippen LogP contribution is -2.48. The second-order valence-corrected chi connectivity index (χ2v) is 10.1. The van der Waals surface area contributed by atoms with Gasteiger partial charge in [0.1, 0.15) is 11.0 Å². The second-order valence-electron chi connectivity index (χ2n) is 9.35. The van der Waals surface area contributed by atoms with Crippen molar-refractivity contribution in [3.05, 3.63) is 47.8 Å². The van der Waals surface area contributed by atoms with Crippen LogP contribution in [0, 0.1) is 5.82 Å². The number of esters is 1. The van der Waals surface area contributed by atoms with Gasteiger partial charge in [-0.15, -0.1) is 0 Å². The van der Waals surface area contributed by atoms with Gasteiger partial charge in [-0.3, -0.25) is 14.4 Å². The molecule has 0 spiro atoms. The summed E-state index contributed by atoms with van der Waals surface area (Å²) in [6.45, 7) is 3.35. The van der Waals surface area contributed by atoms with Crippen LogP contribution in [0.25, 0.3) is 22.0 Å². The van der Waals surface area contributed by atoms with Crippen LogP contribution in [0.1, 0.15) is 43.0 Å². The zero-order chi connectivity index (χ0) is 28.8. The van der Waals surface area contributed by atoms with Crippen LogP contribution in [0.2, 0.25) is 0 Å². The predicted molar refractivity (Wildman–Crippen MR) is 146 cm³/mol. The normalized spacial score (nSPS) is 14.4. The first-order valence-electron chi connectivity index (χ1n) is 12.6. The molecule has 0 saturated carbocycles. The minimum absolute atomic E-state index is 0.133. The molecule has 2 atom stereocenters. The zero-order valence-corrected chi connectivity index (χ0v) is 22.4. The predicted octanol–water partition coefficient (Wildman–Crippen LogP) is 3.03. The Bertz CT molecular complexity index is 1410. The van der Waals surface area contributed by atoms with Crippen LogP contribution in [0.15, 0.2) is 36.4 Å². The lowest BCUT2D eigenvalue weighted by molar-refractivity contribution is -0.140. The molecule has 2 heterocycles. The molecule has 1 fully saturated rings. The topological polar surface area (TPSA) is 165 Å². The first-order chi connectivity index (χ1) is 19.2. The summed E-state index contributed by atoms with van der Waals surface area (Å²) >= 11 is 1.04. The van der Waals surface area contributed by atoms with E-state index in [1.807, 2.05) is 24.3 Å². The number of aldehydes is 1. The summed E-state index contributed by atoms with van der Waals surface area (Å²) in [5.74, 6) is -4.03. The molecule has 11 nitrogen and oxygen atoms in total. The Morgan fingerprint density at radius 3 is 2.55 bits per heavy atom. The molecular formula is C27H28FN5O6S. The molecule has 1 saturated heterocycles. The number of anilines is 1. The number of benzene rings is 2. The van der Waals surface area contributed by atoms with E-state index < -0.39 is 41.5 Å². The third-order valence-electron chi connectivity index (χ3n) is 6.39. The van der Waals surface area contributed by atoms with Gasteiger partial charge in [-0.05, 0) is 74.1 Å². The van der Waals surface area contributed by atoms with E-state index in [0.717, 1.165) is 41.9 Å². The zero-order valence-electron chi connectivity index (χ0n) is 21.6. The molecule has 0 aliphatic carbocycles. The van der Waals surface area contributed by atoms with Crippen LogP contribution in [0.4, 0.5) is 10.1 Å². The number of nitrogens with one attached hydrogen (secondary N) is 1. The molecule has 2 aromatic carbocycles. The van der Waals surface area contributed by atoms with Crippen LogP contribution in [-0.4, -0.2) is 63.8 Å². The molecule has 1 aliphatic rings. The number of nitrogens with zero attached hydrogens (tertiary/aromatic N) is 3. The number of rotatable bonds is 11. The minimum atomic E-state index is -1.25. The molecular weight excluding hydrogens is 541 g/mol. The average molecular weight is 570 g/mol. The number of carboxylic acid groups (broad SMARTS) is 1. The summed E-state index contributed by atoms with van der Waals surface area (Å²) < 4.78 is 24.5. The SMILES string of the molecule is C[C@H](NC(=O)[C@@H](N)CCC(=O)O)C(=O)Oc1c(F)cc(-c2nc(-c3ccc(N4CCCC4)cc3)ns2)cc1C=O. The van der Waals surface area contributed by atoms with Crippen molar-refractivity contribution in [2.45, 2.75) is 44.7 Å². The summed E-state index contributed by atoms with van der Waals surface area (Å²) in [5, 5.41) is 11.4. The van der Waals surface area contributed by atoms with Gasteiger partial charge in [0.05, 0.1) is 11.6 Å². The number of ether oxygens (including phenoxy) is 1. The van der Waals surface area contributed by atoms with Gasteiger partial charge >= 0.3 is 11.9 Å². The third kappa shape index (κ3) is 6.85. The van der Waals surface area contributed by atoms with Crippen molar-refractivity contribution in [1.29, 1.82) is 0 Å². The molecule has 210 valence electrons. The summed E-state index contributed by atoms with van der Waals surface area (Å²) in [4.78, 5) is 53.8. The van der Waals surface area contributed by atoms with Crippen molar-refractivity contribution in [2.75, 3.05) is 18.0 Å². The van der Waals surface area contributed by atoms with Crippen LogP contribution in [-0.2, 0) is 14.4 Å². The third-order valence-corrected chi connectivity index (χ3v) is 7.15. The number of nitrogens with two attached hydrogens (primary N) is 1. The van der Waals surface area contributed by atoms with Gasteiger partial charge in [-0.25, -0.2) is 14.2 Å². The molecule has 4 rings (SSSR count). The molecule has 13 heteroatoms. The standard InChI is InChI=1S/C27H28FN5O6S/c1-15(30-25(37)21(29)8-9-22(35)36)27(38)39-23-18(14-34)12-17(13-20(23)28)26-31-24(32-40-26)16-4-6-19(7-5-16)33-10-2-3-11-33/h4-7,12-15,21H,2-3,8-11,29H2,1H3,(H,30,37)(H,35,36)/t15-,21-/m0/s1. The van der Waals surface area contributed by atoms with Gasteiger partial charge in [0.2, 0.25) is 5.91 Å². The van der Waals surface area contributed by atoms with Crippen molar-refractivity contribution in [2.24, 2.45) is 5.73 Å². The molecule has 1 amide bonds. The fourth-order valence-electron chi connectivity index (χ4n) is 4.17. The van der Waals surface area contributed by atoms with Crippen molar-refractivity contribution >= 4 is 41.4 Å². The van der Waals surface area contributed by atoms with Gasteiger partial charge in [0.25, 0.3) is 0 Å². The van der Waals surface area contributed by atoms with E-state index in [-0.39, 0.29) is 24.0 Å². The minimum Gasteiger partial charge on any atom is -0.481 e. The highest BCUT2D eigenvalue weighted by molar-refractivity contribution is 7.09. The van der Waals surface area contributed by atoms with Crippen LogP contribution < -0.4 is 20.7 Å².